The zero-order valence-corrected chi connectivity index (χ0v) is 72.6. The number of alkyl halides is 6. The lowest BCUT2D eigenvalue weighted by Crippen LogP contribution is -2.72. The smallest absolute Gasteiger partial charge is 0.445 e. The second-order valence-electron chi connectivity index (χ2n) is 29.0. The Kier molecular flexibility index (Phi) is 37.5. The summed E-state index contributed by atoms with van der Waals surface area (Å²) in [6.45, 7) is 4.84. The third-order valence-corrected chi connectivity index (χ3v) is 21.9. The van der Waals surface area contributed by atoms with Crippen molar-refractivity contribution < 1.29 is 98.8 Å². The van der Waals surface area contributed by atoms with Crippen molar-refractivity contribution in [2.75, 3.05) is 39.6 Å². The van der Waals surface area contributed by atoms with E-state index in [0.29, 0.717) is 27.8 Å². The molecule has 2 N–H and O–H groups in total. The van der Waals surface area contributed by atoms with Gasteiger partial charge in [0, 0.05) is 0 Å². The van der Waals surface area contributed by atoms with Crippen LogP contribution in [0.5, 0.6) is 0 Å². The molecule has 16 atom stereocenters. The van der Waals surface area contributed by atoms with Crippen LogP contribution in [0, 0.1) is 0 Å². The average Bonchev–Trinajstić information content (AvgIpc) is 0.736. The standard InChI is InChI=1S/C93H99Cl6N2O21P/c1-3-50-107-83-82(113-58-71-44-26-11-27-45-71)84(108-51-4-2)86(121-89-77(101-91(103)115-64-93(97,98)99)81(112-57-70-42-24-10-25-43-70)79(110-55-68-38-20-8-21-39-68)75(119-89)62-106-53-66-34-16-6-17-35-66)87(122-123(104,116-59-72-46-28-12-29-47-72)117-60-73-48-30-13-31-49-73)85(83)120-88-76(100-90(102)114-63-92(94,95)96)80(111-56-69-40-22-9-23-41-69)78(109-54-67-36-18-7-19-37-67)74(118-88)61-105-52-65-32-14-5-15-33-65/h3-49,74-89H,1-2,50-64H2,(H,100,102)(H,101,103)/t74-,75-,76-,77-,78-,79-,80-,81-,82?,83-,84+,85-,86-,87?,88+,89+/m1/s1. The highest BCUT2D eigenvalue weighted by Crippen LogP contribution is 2.55. The van der Waals surface area contributed by atoms with Crippen molar-refractivity contribution in [3.05, 3.63) is 348 Å². The van der Waals surface area contributed by atoms with Crippen LogP contribution in [0.1, 0.15) is 50.1 Å². The molecule has 2 amide bonds. The molecule has 2 aliphatic heterocycles. The first-order valence-corrected chi connectivity index (χ1v) is 43.8. The molecular formula is C93H99Cl6N2O21P. The van der Waals surface area contributed by atoms with E-state index in [1.165, 1.54) is 12.2 Å². The summed E-state index contributed by atoms with van der Waals surface area (Å²) in [6.07, 6.45) is -20.5. The Labute approximate surface area is 747 Å². The number of hydrogen-bond acceptors (Lipinski definition) is 21. The van der Waals surface area contributed by atoms with Crippen LogP contribution >= 0.6 is 77.4 Å². The van der Waals surface area contributed by atoms with E-state index >= 15 is 14.2 Å². The van der Waals surface area contributed by atoms with E-state index in [0.717, 1.165) is 22.3 Å². The van der Waals surface area contributed by atoms with E-state index < -0.39 is 139 Å². The van der Waals surface area contributed by atoms with Gasteiger partial charge in [0.2, 0.25) is 7.59 Å². The molecule has 0 aromatic heterocycles. The second kappa shape index (κ2) is 48.9. The lowest BCUT2D eigenvalue weighted by molar-refractivity contribution is -0.356. The molecule has 30 heteroatoms. The first kappa shape index (κ1) is 94.5. The molecule has 2 heterocycles. The molecule has 9 aromatic carbocycles. The number of alkyl carbamates (subject to hydrolysis) is 2. The monoisotopic (exact) mass is 1820 g/mol. The molecule has 2 unspecified atom stereocenters. The number of rotatable bonds is 45. The highest BCUT2D eigenvalue weighted by Gasteiger charge is 2.62. The van der Waals surface area contributed by atoms with Gasteiger partial charge in [-0.05, 0) is 50.1 Å². The fraction of sp³-hybridized carbons (Fsp3) is 0.355. The van der Waals surface area contributed by atoms with E-state index in [4.69, 9.17) is 154 Å². The Morgan fingerprint density at radius 2 is 0.585 bits per heavy atom. The average molecular weight is 1820 g/mol. The van der Waals surface area contributed by atoms with Crippen molar-refractivity contribution in [2.45, 2.75) is 165 Å². The fourth-order valence-corrected chi connectivity index (χ4v) is 15.8. The van der Waals surface area contributed by atoms with Crippen LogP contribution in [0.4, 0.5) is 9.59 Å². The van der Waals surface area contributed by atoms with E-state index in [9.17, 15) is 0 Å². The largest absolute Gasteiger partial charge is 0.475 e. The summed E-state index contributed by atoms with van der Waals surface area (Å²) < 4.78 is 139. The van der Waals surface area contributed by atoms with E-state index in [-0.39, 0.29) is 85.9 Å². The maximum Gasteiger partial charge on any atom is 0.475 e. The van der Waals surface area contributed by atoms with Crippen LogP contribution in [0.15, 0.2) is 298 Å². The number of amides is 2. The van der Waals surface area contributed by atoms with Crippen LogP contribution in [-0.4, -0.2) is 157 Å². The van der Waals surface area contributed by atoms with Crippen LogP contribution in [0.25, 0.3) is 0 Å². The molecule has 2 saturated heterocycles. The number of carbonyl (C=O) groups is 2. The quantitative estimate of drug-likeness (QED) is 0.0205. The van der Waals surface area contributed by atoms with E-state index in [1.54, 1.807) is 48.5 Å². The minimum atomic E-state index is -5.25. The molecule has 1 aliphatic carbocycles. The lowest BCUT2D eigenvalue weighted by Gasteiger charge is -2.53. The molecule has 654 valence electrons. The number of phosphoric acid groups is 1. The summed E-state index contributed by atoms with van der Waals surface area (Å²) in [5, 5.41) is 5.96. The van der Waals surface area contributed by atoms with Crippen molar-refractivity contribution in [1.82, 2.24) is 10.6 Å². The van der Waals surface area contributed by atoms with E-state index in [1.807, 2.05) is 224 Å². The van der Waals surface area contributed by atoms with Crippen LogP contribution in [0.2, 0.25) is 0 Å². The molecule has 0 radical (unpaired) electrons. The highest BCUT2D eigenvalue weighted by atomic mass is 35.6. The van der Waals surface area contributed by atoms with Crippen LogP contribution < -0.4 is 10.6 Å². The van der Waals surface area contributed by atoms with Gasteiger partial charge in [-0.3, -0.25) is 13.6 Å². The number of hydrogen-bond donors (Lipinski definition) is 2. The molecule has 0 spiro atoms. The van der Waals surface area contributed by atoms with Crippen molar-refractivity contribution in [1.29, 1.82) is 0 Å². The Hall–Kier alpha value is -7.67. The number of carbonyl (C=O) groups excluding carboxylic acids is 2. The van der Waals surface area contributed by atoms with Gasteiger partial charge in [-0.1, -0.05) is 355 Å². The summed E-state index contributed by atoms with van der Waals surface area (Å²) in [6, 6.07) is 80.4. The molecule has 1 saturated carbocycles. The summed E-state index contributed by atoms with van der Waals surface area (Å²) in [7, 11) is -5.25. The van der Waals surface area contributed by atoms with Gasteiger partial charge in [0.05, 0.1) is 85.9 Å². The van der Waals surface area contributed by atoms with Gasteiger partial charge in [-0.15, -0.1) is 13.2 Å². The third-order valence-electron chi connectivity index (χ3n) is 19.9. The van der Waals surface area contributed by atoms with Gasteiger partial charge in [-0.2, -0.15) is 0 Å². The van der Waals surface area contributed by atoms with Crippen molar-refractivity contribution in [3.8, 4) is 0 Å². The predicted molar refractivity (Wildman–Crippen MR) is 466 cm³/mol. The molecule has 9 aromatic rings. The molecule has 0 bridgehead atoms. The van der Waals surface area contributed by atoms with Gasteiger partial charge in [0.25, 0.3) is 0 Å². The van der Waals surface area contributed by atoms with Crippen molar-refractivity contribution >= 4 is 89.6 Å². The number of benzene rings is 9. The van der Waals surface area contributed by atoms with Gasteiger partial charge in [0.1, 0.15) is 98.5 Å². The topological polar surface area (TPSA) is 241 Å². The summed E-state index contributed by atoms with van der Waals surface area (Å²) in [4.78, 5) is 30.1. The van der Waals surface area contributed by atoms with Gasteiger partial charge < -0.3 is 81.7 Å². The van der Waals surface area contributed by atoms with Crippen molar-refractivity contribution in [3.63, 3.8) is 0 Å². The number of nitrogens with one attached hydrogen (secondary N) is 2. The molecule has 3 aliphatic rings. The van der Waals surface area contributed by atoms with Gasteiger partial charge >= 0.3 is 20.0 Å². The molecule has 23 nitrogen and oxygen atoms in total. The number of phosphoric ester groups is 1. The first-order chi connectivity index (χ1) is 59.8. The number of halogens is 6. The zero-order chi connectivity index (χ0) is 86.1. The Balaban J connectivity index is 1.09. The van der Waals surface area contributed by atoms with Gasteiger partial charge in [-0.25, -0.2) is 14.2 Å². The Morgan fingerprint density at radius 3 is 0.862 bits per heavy atom. The Morgan fingerprint density at radius 1 is 0.333 bits per heavy atom. The molecule has 123 heavy (non-hydrogen) atoms. The minimum Gasteiger partial charge on any atom is -0.445 e. The first-order valence-electron chi connectivity index (χ1n) is 40.1. The predicted octanol–water partition coefficient (Wildman–Crippen LogP) is 18.6. The van der Waals surface area contributed by atoms with Crippen molar-refractivity contribution in [2.24, 2.45) is 0 Å². The van der Waals surface area contributed by atoms with Gasteiger partial charge in [0.15, 0.2) is 12.6 Å². The zero-order valence-electron chi connectivity index (χ0n) is 67.2. The maximum atomic E-state index is 17.1. The Bertz CT molecular complexity index is 4360. The summed E-state index contributed by atoms with van der Waals surface area (Å²) in [5.74, 6) is 0. The molecule has 3 fully saturated rings. The molecule has 12 rings (SSSR count). The third kappa shape index (κ3) is 30.3. The summed E-state index contributed by atoms with van der Waals surface area (Å²) >= 11 is 38.1. The second-order valence-corrected chi connectivity index (χ2v) is 35.7. The van der Waals surface area contributed by atoms with Crippen LogP contribution in [-0.2, 0) is 149 Å². The maximum absolute atomic E-state index is 17.1. The highest BCUT2D eigenvalue weighted by molar-refractivity contribution is 7.48. The molecular weight excluding hydrogens is 1720 g/mol. The SMILES string of the molecule is C=CCO[C@@H]1C(OCc2ccccc2)[C@H](OCC=C)[C@@H](O[C@@H]2O[C@H](COCc3ccccc3)[C@@H](OCc3ccccc3)[C@H](OCc3ccccc3)[C@H]2NC(=O)OCC(Cl)(Cl)Cl)C(OP(=O)(OCc2ccccc2)OCc2ccccc2)[C@@H]1O[C@@H]1O[C@H](COCc2ccccc2)[C@@H](OCc2ccccc2)[C@H](OCc2ccccc2)[C@H]1NC(=O)OCC(Cl)(Cl)Cl. The van der Waals surface area contributed by atoms with E-state index in [2.05, 4.69) is 23.8 Å². The number of ether oxygens (including phenoxy) is 15. The summed E-state index contributed by atoms with van der Waals surface area (Å²) in [5.41, 5.74) is 6.39. The van der Waals surface area contributed by atoms with Crippen LogP contribution in [0.3, 0.4) is 0 Å². The lowest BCUT2D eigenvalue weighted by atomic mass is 9.83. The minimum absolute atomic E-state index is 0.0181. The fourth-order valence-electron chi connectivity index (χ4n) is 14.1. The normalized spacial score (nSPS) is 23.6.